The lowest BCUT2D eigenvalue weighted by molar-refractivity contribution is 0.00703. The third kappa shape index (κ3) is 2.58. The molecule has 3 aromatic rings. The summed E-state index contributed by atoms with van der Waals surface area (Å²) in [7, 11) is 0. The molecule has 1 aliphatic carbocycles. The number of hydrogen-bond acceptors (Lipinski definition) is 4. The van der Waals surface area contributed by atoms with Gasteiger partial charge in [0.15, 0.2) is 5.78 Å². The second-order valence-electron chi connectivity index (χ2n) is 8.22. The molecule has 0 fully saturated rings. The van der Waals surface area contributed by atoms with Crippen molar-refractivity contribution < 1.29 is 19.1 Å². The van der Waals surface area contributed by atoms with E-state index >= 15 is 0 Å². The minimum Gasteiger partial charge on any atom is -0.456 e. The molecule has 4 rings (SSSR count). The van der Waals surface area contributed by atoms with E-state index in [4.69, 9.17) is 4.74 Å². The fraction of sp³-hybridized carbons (Fsp3) is 0.261. The summed E-state index contributed by atoms with van der Waals surface area (Å²) in [6.07, 6.45) is 1.79. The van der Waals surface area contributed by atoms with Crippen molar-refractivity contribution in [2.24, 2.45) is 0 Å². The Morgan fingerprint density at radius 3 is 2.21 bits per heavy atom. The van der Waals surface area contributed by atoms with Crippen molar-refractivity contribution in [3.05, 3.63) is 75.6 Å². The molecule has 0 atom stereocenters. The number of aryl methyl sites for hydroxylation is 2. The number of carbonyl (C=O) groups is 3. The highest BCUT2D eigenvalue weighted by Gasteiger charge is 2.39. The van der Waals surface area contributed by atoms with Gasteiger partial charge in [0.2, 0.25) is 5.78 Å². The molecule has 0 unspecified atom stereocenters. The monoisotopic (exact) mass is 375 g/mol. The van der Waals surface area contributed by atoms with Gasteiger partial charge in [0.05, 0.1) is 16.6 Å². The van der Waals surface area contributed by atoms with Crippen LogP contribution in [0.15, 0.2) is 36.5 Å². The highest BCUT2D eigenvalue weighted by atomic mass is 16.6. The van der Waals surface area contributed by atoms with Crippen LogP contribution < -0.4 is 0 Å². The Balaban J connectivity index is 2.12. The molecule has 1 aliphatic rings. The van der Waals surface area contributed by atoms with Gasteiger partial charge in [-0.15, -0.1) is 0 Å². The van der Waals surface area contributed by atoms with Gasteiger partial charge in [-0.3, -0.25) is 9.59 Å². The van der Waals surface area contributed by atoms with Crippen LogP contribution in [0.1, 0.15) is 74.2 Å². The molecule has 0 saturated carbocycles. The van der Waals surface area contributed by atoms with Crippen LogP contribution in [0.2, 0.25) is 0 Å². The number of rotatable bonds is 1. The minimum atomic E-state index is -0.726. The zero-order valence-corrected chi connectivity index (χ0v) is 16.5. The van der Waals surface area contributed by atoms with Gasteiger partial charge >= 0.3 is 5.97 Å². The highest BCUT2D eigenvalue weighted by Crippen LogP contribution is 2.36. The van der Waals surface area contributed by atoms with Gasteiger partial charge in [0.1, 0.15) is 11.3 Å². The lowest BCUT2D eigenvalue weighted by atomic mass is 9.86. The number of ether oxygens (including phenoxy) is 1. The van der Waals surface area contributed by atoms with Crippen molar-refractivity contribution in [1.29, 1.82) is 0 Å². The average Bonchev–Trinajstić information content (AvgIpc) is 2.94. The van der Waals surface area contributed by atoms with Crippen molar-refractivity contribution in [3.63, 3.8) is 0 Å². The van der Waals surface area contributed by atoms with Crippen molar-refractivity contribution >= 4 is 23.1 Å². The summed E-state index contributed by atoms with van der Waals surface area (Å²) in [5, 5.41) is 0. The minimum absolute atomic E-state index is 0.131. The summed E-state index contributed by atoms with van der Waals surface area (Å²) < 4.78 is 7.27. The quantitative estimate of drug-likeness (QED) is 0.466. The van der Waals surface area contributed by atoms with Crippen LogP contribution >= 0.6 is 0 Å². The SMILES string of the molecule is Cc1cc(C)c2c(C(=O)OC(C)(C)C)c3c(n2c1)C(=O)c1ccccc1C3=O. The normalized spacial score (nSPS) is 13.5. The number of hydrogen-bond donors (Lipinski definition) is 0. The number of ketones is 2. The van der Waals surface area contributed by atoms with Crippen LogP contribution in [0.3, 0.4) is 0 Å². The summed E-state index contributed by atoms with van der Waals surface area (Å²) >= 11 is 0. The van der Waals surface area contributed by atoms with E-state index in [9.17, 15) is 14.4 Å². The van der Waals surface area contributed by atoms with E-state index in [0.717, 1.165) is 11.1 Å². The number of aromatic nitrogens is 1. The maximum Gasteiger partial charge on any atom is 0.341 e. The van der Waals surface area contributed by atoms with Crippen molar-refractivity contribution in [2.45, 2.75) is 40.2 Å². The summed E-state index contributed by atoms with van der Waals surface area (Å²) in [5.74, 6) is -1.19. The Morgan fingerprint density at radius 2 is 1.61 bits per heavy atom. The van der Waals surface area contributed by atoms with Crippen LogP contribution in [0.5, 0.6) is 0 Å². The maximum atomic E-state index is 13.3. The van der Waals surface area contributed by atoms with E-state index in [2.05, 4.69) is 0 Å². The highest BCUT2D eigenvalue weighted by molar-refractivity contribution is 6.31. The Labute approximate surface area is 162 Å². The smallest absolute Gasteiger partial charge is 0.341 e. The molecule has 5 nitrogen and oxygen atoms in total. The van der Waals surface area contributed by atoms with Gasteiger partial charge in [-0.05, 0) is 45.7 Å². The van der Waals surface area contributed by atoms with E-state index in [-0.39, 0.29) is 28.4 Å². The molecule has 28 heavy (non-hydrogen) atoms. The number of nitrogens with zero attached hydrogens (tertiary/aromatic N) is 1. The molecule has 0 aliphatic heterocycles. The van der Waals surface area contributed by atoms with E-state index in [1.165, 1.54) is 0 Å². The van der Waals surface area contributed by atoms with Gasteiger partial charge in [-0.2, -0.15) is 0 Å². The van der Waals surface area contributed by atoms with Gasteiger partial charge in [-0.1, -0.05) is 30.3 Å². The van der Waals surface area contributed by atoms with Crippen molar-refractivity contribution in [3.8, 4) is 0 Å². The molecule has 0 saturated heterocycles. The van der Waals surface area contributed by atoms with E-state index in [1.54, 1.807) is 55.6 Å². The lowest BCUT2D eigenvalue weighted by Crippen LogP contribution is -2.26. The van der Waals surface area contributed by atoms with Gasteiger partial charge in [0.25, 0.3) is 0 Å². The molecule has 1 aromatic carbocycles. The summed E-state index contributed by atoms with van der Waals surface area (Å²) in [4.78, 5) is 39.7. The molecule has 142 valence electrons. The zero-order chi connectivity index (χ0) is 20.4. The predicted molar refractivity (Wildman–Crippen MR) is 105 cm³/mol. The maximum absolute atomic E-state index is 13.3. The molecular formula is C23H21NO4. The fourth-order valence-electron chi connectivity index (χ4n) is 3.87. The van der Waals surface area contributed by atoms with Gasteiger partial charge < -0.3 is 9.14 Å². The second kappa shape index (κ2) is 5.89. The Hall–Kier alpha value is -3.21. The van der Waals surface area contributed by atoms with Crippen LogP contribution in [0, 0.1) is 13.8 Å². The summed E-state index contributed by atoms with van der Waals surface area (Å²) in [6.45, 7) is 9.09. The first-order valence-corrected chi connectivity index (χ1v) is 9.17. The molecule has 0 spiro atoms. The first kappa shape index (κ1) is 18.2. The van der Waals surface area contributed by atoms with Crippen LogP contribution in [0.25, 0.3) is 5.52 Å². The van der Waals surface area contributed by atoms with Crippen LogP contribution in [-0.2, 0) is 4.74 Å². The number of pyridine rings is 1. The third-order valence-corrected chi connectivity index (χ3v) is 4.82. The van der Waals surface area contributed by atoms with Gasteiger partial charge in [-0.25, -0.2) is 4.79 Å². The Morgan fingerprint density at radius 1 is 1.00 bits per heavy atom. The van der Waals surface area contributed by atoms with E-state index in [0.29, 0.717) is 16.6 Å². The van der Waals surface area contributed by atoms with Crippen molar-refractivity contribution in [1.82, 2.24) is 4.40 Å². The van der Waals surface area contributed by atoms with Crippen molar-refractivity contribution in [2.75, 3.05) is 0 Å². The molecule has 0 radical (unpaired) electrons. The van der Waals surface area contributed by atoms with E-state index in [1.807, 2.05) is 19.9 Å². The third-order valence-electron chi connectivity index (χ3n) is 4.82. The van der Waals surface area contributed by atoms with Gasteiger partial charge in [0, 0.05) is 17.3 Å². The standard InChI is InChI=1S/C23H21NO4/c1-12-10-13(2)18-17(22(27)28-23(3,4)5)16-19(24(18)11-12)21(26)15-9-7-6-8-14(15)20(16)25/h6-11H,1-5H3. The fourth-order valence-corrected chi connectivity index (χ4v) is 3.87. The zero-order valence-electron chi connectivity index (χ0n) is 16.5. The first-order chi connectivity index (χ1) is 13.1. The first-order valence-electron chi connectivity index (χ1n) is 9.17. The number of carbonyl (C=O) groups excluding carboxylic acids is 3. The molecule has 5 heteroatoms. The second-order valence-corrected chi connectivity index (χ2v) is 8.22. The molecular weight excluding hydrogens is 354 g/mol. The van der Waals surface area contributed by atoms with E-state index < -0.39 is 11.6 Å². The number of esters is 1. The summed E-state index contributed by atoms with van der Waals surface area (Å²) in [6, 6.07) is 8.64. The largest absolute Gasteiger partial charge is 0.456 e. The molecule has 0 bridgehead atoms. The topological polar surface area (TPSA) is 64.8 Å². The average molecular weight is 375 g/mol. The Bertz CT molecular complexity index is 1190. The predicted octanol–water partition coefficient (Wildman–Crippen LogP) is 4.29. The number of fused-ring (bicyclic) bond motifs is 4. The Kier molecular flexibility index (Phi) is 3.82. The molecule has 2 heterocycles. The summed E-state index contributed by atoms with van der Waals surface area (Å²) in [5.41, 5.74) is 2.74. The van der Waals surface area contributed by atoms with Crippen LogP contribution in [-0.4, -0.2) is 27.5 Å². The molecule has 2 aromatic heterocycles. The molecule has 0 N–H and O–H groups in total. The molecule has 0 amide bonds. The van der Waals surface area contributed by atoms with Crippen LogP contribution in [0.4, 0.5) is 0 Å². The number of benzene rings is 1. The lowest BCUT2D eigenvalue weighted by Gasteiger charge is -2.20.